The van der Waals surface area contributed by atoms with Crippen molar-refractivity contribution in [2.45, 2.75) is 0 Å². The highest BCUT2D eigenvalue weighted by atomic mass is 79.9. The molecule has 0 bridgehead atoms. The first-order valence-corrected chi connectivity index (χ1v) is 6.26. The maximum Gasteiger partial charge on any atom is 0.177 e. The van der Waals surface area contributed by atoms with E-state index < -0.39 is 0 Å². The van der Waals surface area contributed by atoms with Crippen LogP contribution in [0, 0.1) is 11.3 Å². The normalized spacial score (nSPS) is 10.1. The molecule has 0 atom stereocenters. The summed E-state index contributed by atoms with van der Waals surface area (Å²) < 4.78 is 12.8. The zero-order chi connectivity index (χ0) is 14.0. The van der Waals surface area contributed by atoms with Crippen LogP contribution in [0.2, 0.25) is 0 Å². The quantitative estimate of drug-likeness (QED) is 0.872. The zero-order valence-corrected chi connectivity index (χ0v) is 12.4. The fourth-order valence-corrected chi connectivity index (χ4v) is 2.49. The molecule has 0 aliphatic heterocycles. The molecule has 0 fully saturated rings. The Labute approximate surface area is 119 Å². The Kier molecular flexibility index (Phi) is 3.76. The molecule has 6 heteroatoms. The number of benzene rings is 1. The molecule has 0 N–H and O–H groups in total. The average molecular weight is 322 g/mol. The molecule has 2 rings (SSSR count). The van der Waals surface area contributed by atoms with Gasteiger partial charge in [-0.25, -0.2) is 0 Å². The van der Waals surface area contributed by atoms with Gasteiger partial charge in [0.05, 0.1) is 24.4 Å². The van der Waals surface area contributed by atoms with Crippen molar-refractivity contribution in [3.8, 4) is 28.8 Å². The minimum Gasteiger partial charge on any atom is -0.497 e. The van der Waals surface area contributed by atoms with Gasteiger partial charge in [0.2, 0.25) is 0 Å². The van der Waals surface area contributed by atoms with Crippen molar-refractivity contribution in [2.24, 2.45) is 7.05 Å². The predicted octanol–water partition coefficient (Wildman–Crippen LogP) is 2.74. The predicted molar refractivity (Wildman–Crippen MR) is 74.2 cm³/mol. The summed E-state index contributed by atoms with van der Waals surface area (Å²) in [6.07, 6.45) is 0. The van der Waals surface area contributed by atoms with E-state index in [0.29, 0.717) is 21.7 Å². The van der Waals surface area contributed by atoms with Crippen LogP contribution in [0.3, 0.4) is 0 Å². The number of hydrogen-bond donors (Lipinski definition) is 0. The number of rotatable bonds is 3. The topological polar surface area (TPSA) is 60.1 Å². The van der Waals surface area contributed by atoms with E-state index in [9.17, 15) is 0 Å². The third kappa shape index (κ3) is 2.29. The first-order valence-electron chi connectivity index (χ1n) is 5.47. The molecule has 1 heterocycles. The second-order valence-electron chi connectivity index (χ2n) is 3.81. The lowest BCUT2D eigenvalue weighted by molar-refractivity contribution is 0.395. The maximum atomic E-state index is 9.00. The number of nitriles is 1. The lowest BCUT2D eigenvalue weighted by atomic mass is 10.1. The fraction of sp³-hybridized carbons (Fsp3) is 0.231. The van der Waals surface area contributed by atoms with Crippen LogP contribution in [-0.2, 0) is 7.05 Å². The Morgan fingerprint density at radius 3 is 2.58 bits per heavy atom. The number of methoxy groups -OCH3 is 2. The zero-order valence-electron chi connectivity index (χ0n) is 10.8. The first kappa shape index (κ1) is 13.4. The molecular weight excluding hydrogens is 310 g/mol. The van der Waals surface area contributed by atoms with Crippen LogP contribution < -0.4 is 9.47 Å². The van der Waals surface area contributed by atoms with Gasteiger partial charge in [-0.05, 0) is 28.1 Å². The molecule has 0 unspecified atom stereocenters. The second-order valence-corrected chi connectivity index (χ2v) is 4.61. The van der Waals surface area contributed by atoms with Gasteiger partial charge in [0.1, 0.15) is 17.6 Å². The number of aryl methyl sites for hydroxylation is 1. The minimum atomic E-state index is 0.343. The van der Waals surface area contributed by atoms with E-state index in [4.69, 9.17) is 14.7 Å². The lowest BCUT2D eigenvalue weighted by Gasteiger charge is -2.11. The van der Waals surface area contributed by atoms with Crippen molar-refractivity contribution in [2.75, 3.05) is 14.2 Å². The van der Waals surface area contributed by atoms with E-state index in [2.05, 4.69) is 21.0 Å². The monoisotopic (exact) mass is 321 g/mol. The van der Waals surface area contributed by atoms with Crippen molar-refractivity contribution in [1.29, 1.82) is 5.26 Å². The largest absolute Gasteiger partial charge is 0.497 e. The maximum absolute atomic E-state index is 9.00. The molecule has 0 saturated heterocycles. The summed E-state index contributed by atoms with van der Waals surface area (Å²) in [6.45, 7) is 0. The van der Waals surface area contributed by atoms with Crippen molar-refractivity contribution >= 4 is 15.9 Å². The van der Waals surface area contributed by atoms with Crippen LogP contribution >= 0.6 is 15.9 Å². The first-order chi connectivity index (χ1) is 9.12. The fourth-order valence-electron chi connectivity index (χ4n) is 1.86. The molecular formula is C13H12BrN3O2. The molecule has 1 aromatic heterocycles. The van der Waals surface area contributed by atoms with Crippen LogP contribution in [0.1, 0.15) is 5.69 Å². The highest BCUT2D eigenvalue weighted by molar-refractivity contribution is 9.10. The number of halogens is 1. The molecule has 2 aromatic rings. The van der Waals surface area contributed by atoms with Crippen LogP contribution in [0.25, 0.3) is 11.3 Å². The molecule has 0 radical (unpaired) electrons. The van der Waals surface area contributed by atoms with Crippen LogP contribution in [0.5, 0.6) is 11.5 Å². The van der Waals surface area contributed by atoms with Crippen molar-refractivity contribution in [1.82, 2.24) is 9.78 Å². The van der Waals surface area contributed by atoms with Crippen LogP contribution in [0.15, 0.2) is 22.7 Å². The number of aromatic nitrogens is 2. The standard InChI is InChI=1S/C13H12BrN3O2/c1-17-13(12(14)10(7-15)16-17)9-5-4-8(18-2)6-11(9)19-3/h4-6H,1-3H3. The summed E-state index contributed by atoms with van der Waals surface area (Å²) in [5.74, 6) is 1.37. The van der Waals surface area contributed by atoms with E-state index >= 15 is 0 Å². The molecule has 0 saturated carbocycles. The van der Waals surface area contributed by atoms with E-state index in [1.165, 1.54) is 0 Å². The molecule has 0 spiro atoms. The highest BCUT2D eigenvalue weighted by Crippen LogP contribution is 2.38. The average Bonchev–Trinajstić information content (AvgIpc) is 2.72. The Balaban J connectivity index is 2.66. The van der Waals surface area contributed by atoms with Crippen molar-refractivity contribution in [3.05, 3.63) is 28.4 Å². The summed E-state index contributed by atoms with van der Waals surface area (Å²) in [4.78, 5) is 0. The Bertz CT molecular complexity index is 659. The Morgan fingerprint density at radius 1 is 1.32 bits per heavy atom. The van der Waals surface area contributed by atoms with Gasteiger partial charge in [-0.2, -0.15) is 10.4 Å². The van der Waals surface area contributed by atoms with E-state index in [-0.39, 0.29) is 0 Å². The second kappa shape index (κ2) is 5.33. The summed E-state index contributed by atoms with van der Waals surface area (Å²) in [7, 11) is 4.97. The van der Waals surface area contributed by atoms with Gasteiger partial charge < -0.3 is 9.47 Å². The third-order valence-electron chi connectivity index (χ3n) is 2.76. The summed E-state index contributed by atoms with van der Waals surface area (Å²) >= 11 is 3.41. The minimum absolute atomic E-state index is 0.343. The smallest absolute Gasteiger partial charge is 0.177 e. The summed E-state index contributed by atoms with van der Waals surface area (Å²) in [6, 6.07) is 7.55. The third-order valence-corrected chi connectivity index (χ3v) is 3.51. The Morgan fingerprint density at radius 2 is 2.05 bits per heavy atom. The van der Waals surface area contributed by atoms with Gasteiger partial charge in [0, 0.05) is 18.7 Å². The van der Waals surface area contributed by atoms with Gasteiger partial charge in [-0.15, -0.1) is 0 Å². The van der Waals surface area contributed by atoms with Crippen LogP contribution in [0.4, 0.5) is 0 Å². The molecule has 0 aliphatic rings. The van der Waals surface area contributed by atoms with Gasteiger partial charge in [0.25, 0.3) is 0 Å². The summed E-state index contributed by atoms with van der Waals surface area (Å²) in [5, 5.41) is 13.1. The van der Waals surface area contributed by atoms with Crippen LogP contribution in [-0.4, -0.2) is 24.0 Å². The number of ether oxygens (including phenoxy) is 2. The Hall–Kier alpha value is -2.00. The van der Waals surface area contributed by atoms with Gasteiger partial charge in [0.15, 0.2) is 5.69 Å². The molecule has 98 valence electrons. The van der Waals surface area contributed by atoms with E-state index in [0.717, 1.165) is 11.3 Å². The molecule has 1 aromatic carbocycles. The highest BCUT2D eigenvalue weighted by Gasteiger charge is 2.18. The molecule has 5 nitrogen and oxygen atoms in total. The van der Waals surface area contributed by atoms with Crippen molar-refractivity contribution < 1.29 is 9.47 Å². The number of nitrogens with zero attached hydrogens (tertiary/aromatic N) is 3. The van der Waals surface area contributed by atoms with E-state index in [1.54, 1.807) is 32.0 Å². The lowest BCUT2D eigenvalue weighted by Crippen LogP contribution is -1.97. The molecule has 19 heavy (non-hydrogen) atoms. The van der Waals surface area contributed by atoms with Gasteiger partial charge in [-0.1, -0.05) is 0 Å². The van der Waals surface area contributed by atoms with E-state index in [1.807, 2.05) is 18.2 Å². The molecule has 0 aliphatic carbocycles. The summed E-state index contributed by atoms with van der Waals surface area (Å²) in [5.41, 5.74) is 1.97. The van der Waals surface area contributed by atoms with Gasteiger partial charge in [-0.3, -0.25) is 4.68 Å². The van der Waals surface area contributed by atoms with Crippen molar-refractivity contribution in [3.63, 3.8) is 0 Å². The van der Waals surface area contributed by atoms with Gasteiger partial charge >= 0.3 is 0 Å². The molecule has 0 amide bonds. The SMILES string of the molecule is COc1ccc(-c2c(Br)c(C#N)nn2C)c(OC)c1. The number of hydrogen-bond acceptors (Lipinski definition) is 4.